The van der Waals surface area contributed by atoms with Crippen molar-refractivity contribution in [3.63, 3.8) is 0 Å². The quantitative estimate of drug-likeness (QED) is 0.724. The number of aryl methyl sites for hydroxylation is 3. The predicted octanol–water partition coefficient (Wildman–Crippen LogP) is 0.732. The third kappa shape index (κ3) is 4.79. The highest BCUT2D eigenvalue weighted by molar-refractivity contribution is 5.95. The van der Waals surface area contributed by atoms with Crippen molar-refractivity contribution in [2.75, 3.05) is 18.9 Å². The molecule has 2 amide bonds. The summed E-state index contributed by atoms with van der Waals surface area (Å²) in [6, 6.07) is 4.19. The Morgan fingerprint density at radius 3 is 2.30 bits per heavy atom. The van der Waals surface area contributed by atoms with E-state index < -0.39 is 0 Å². The Morgan fingerprint density at radius 1 is 1.22 bits per heavy atom. The second kappa shape index (κ2) is 7.13. The fourth-order valence-electron chi connectivity index (χ4n) is 2.75. The molecule has 0 heterocycles. The molecule has 23 heavy (non-hydrogen) atoms. The van der Waals surface area contributed by atoms with Crippen molar-refractivity contribution in [3.05, 3.63) is 28.8 Å². The Labute approximate surface area is 138 Å². The number of benzene rings is 1. The van der Waals surface area contributed by atoms with Gasteiger partial charge in [0.2, 0.25) is 0 Å². The van der Waals surface area contributed by atoms with Gasteiger partial charge in [-0.15, -0.1) is 0 Å². The van der Waals surface area contributed by atoms with Gasteiger partial charge in [0.1, 0.15) is 0 Å². The molecule has 1 aliphatic carbocycles. The molecule has 0 aromatic heterocycles. The van der Waals surface area contributed by atoms with Crippen LogP contribution in [0.1, 0.15) is 36.5 Å². The number of carbonyl (C=O) groups is 2. The maximum Gasteiger partial charge on any atom is 0.282 e. The van der Waals surface area contributed by atoms with Crippen molar-refractivity contribution >= 4 is 17.5 Å². The Kier molecular flexibility index (Phi) is 5.42. The van der Waals surface area contributed by atoms with E-state index in [4.69, 9.17) is 0 Å². The summed E-state index contributed by atoms with van der Waals surface area (Å²) in [5.74, 6) is -0.0378. The van der Waals surface area contributed by atoms with Crippen molar-refractivity contribution in [2.45, 2.75) is 52.6 Å². The van der Waals surface area contributed by atoms with E-state index in [-0.39, 0.29) is 17.9 Å². The van der Waals surface area contributed by atoms with E-state index >= 15 is 0 Å². The summed E-state index contributed by atoms with van der Waals surface area (Å²) in [6.07, 6.45) is 2.15. The Balaban J connectivity index is 1.95. The summed E-state index contributed by atoms with van der Waals surface area (Å²) < 4.78 is 0. The third-order valence-corrected chi connectivity index (χ3v) is 4.44. The molecular formula is C18H28N3O2+. The molecule has 0 bridgehead atoms. The number of anilines is 1. The highest BCUT2D eigenvalue weighted by Gasteiger charge is 2.28. The fraction of sp³-hybridized carbons (Fsp3) is 0.556. The average Bonchev–Trinajstić information content (AvgIpc) is 3.25. The standard InChI is InChI=1S/C18H27N3O2/c1-11-8-12(2)17(13(3)9-11)20-18(23)14(4)21(5)10-16(22)19-15-6-7-15/h8-9,14-15H,6-7,10H2,1-5H3,(H,19,22)(H,20,23)/p+1/t14-/m1/s1. The van der Waals surface area contributed by atoms with Crippen LogP contribution in [0, 0.1) is 20.8 Å². The first-order valence-electron chi connectivity index (χ1n) is 8.28. The van der Waals surface area contributed by atoms with Crippen molar-refractivity contribution in [2.24, 2.45) is 0 Å². The van der Waals surface area contributed by atoms with E-state index in [1.54, 1.807) is 0 Å². The molecule has 2 atom stereocenters. The van der Waals surface area contributed by atoms with E-state index in [2.05, 4.69) is 22.8 Å². The zero-order valence-corrected chi connectivity index (χ0v) is 14.7. The number of hydrogen-bond acceptors (Lipinski definition) is 2. The summed E-state index contributed by atoms with van der Waals surface area (Å²) in [7, 11) is 1.88. The number of nitrogens with one attached hydrogen (secondary N) is 3. The van der Waals surface area contributed by atoms with Crippen LogP contribution in [0.2, 0.25) is 0 Å². The van der Waals surface area contributed by atoms with E-state index in [1.807, 2.05) is 34.7 Å². The van der Waals surface area contributed by atoms with E-state index in [0.29, 0.717) is 12.6 Å². The highest BCUT2D eigenvalue weighted by atomic mass is 16.2. The first kappa shape index (κ1) is 17.5. The first-order valence-corrected chi connectivity index (χ1v) is 8.28. The largest absolute Gasteiger partial charge is 0.348 e. The lowest BCUT2D eigenvalue weighted by Gasteiger charge is -2.22. The Morgan fingerprint density at radius 2 is 1.78 bits per heavy atom. The molecule has 1 unspecified atom stereocenters. The number of hydrogen-bond donors (Lipinski definition) is 3. The van der Waals surface area contributed by atoms with Crippen LogP contribution in [0.25, 0.3) is 0 Å². The van der Waals surface area contributed by atoms with Gasteiger partial charge in [-0.3, -0.25) is 9.59 Å². The third-order valence-electron chi connectivity index (χ3n) is 4.44. The monoisotopic (exact) mass is 318 g/mol. The topological polar surface area (TPSA) is 62.6 Å². The molecule has 0 spiro atoms. The van der Waals surface area contributed by atoms with Gasteiger partial charge < -0.3 is 15.5 Å². The SMILES string of the molecule is Cc1cc(C)c(NC(=O)[C@@H](C)[NH+](C)CC(=O)NC2CC2)c(C)c1. The molecule has 5 heteroatoms. The minimum Gasteiger partial charge on any atom is -0.348 e. The van der Waals surface area contributed by atoms with Gasteiger partial charge in [-0.1, -0.05) is 17.7 Å². The predicted molar refractivity (Wildman–Crippen MR) is 91.7 cm³/mol. The van der Waals surface area contributed by atoms with Gasteiger partial charge in [0.25, 0.3) is 11.8 Å². The fourth-order valence-corrected chi connectivity index (χ4v) is 2.75. The molecule has 0 saturated heterocycles. The molecule has 3 N–H and O–H groups in total. The number of likely N-dealkylation sites (N-methyl/N-ethyl adjacent to an activating group) is 1. The van der Waals surface area contributed by atoms with Crippen LogP contribution in [0.5, 0.6) is 0 Å². The zero-order chi connectivity index (χ0) is 17.1. The Hall–Kier alpha value is -1.88. The van der Waals surface area contributed by atoms with Crippen LogP contribution < -0.4 is 15.5 Å². The molecule has 1 aromatic carbocycles. The van der Waals surface area contributed by atoms with Gasteiger partial charge in [0.05, 0.1) is 7.05 Å². The van der Waals surface area contributed by atoms with Gasteiger partial charge in [0, 0.05) is 11.7 Å². The molecule has 5 nitrogen and oxygen atoms in total. The van der Waals surface area contributed by atoms with Gasteiger partial charge >= 0.3 is 0 Å². The lowest BCUT2D eigenvalue weighted by Crippen LogP contribution is -3.15. The summed E-state index contributed by atoms with van der Waals surface area (Å²) in [4.78, 5) is 25.3. The maximum absolute atomic E-state index is 12.5. The van der Waals surface area contributed by atoms with Crippen molar-refractivity contribution in [3.8, 4) is 0 Å². The lowest BCUT2D eigenvalue weighted by molar-refractivity contribution is -0.885. The van der Waals surface area contributed by atoms with Crippen LogP contribution in [0.4, 0.5) is 5.69 Å². The maximum atomic E-state index is 12.5. The first-order chi connectivity index (χ1) is 10.8. The van der Waals surface area contributed by atoms with Crippen molar-refractivity contribution in [1.82, 2.24) is 5.32 Å². The molecule has 2 rings (SSSR count). The smallest absolute Gasteiger partial charge is 0.282 e. The van der Waals surface area contributed by atoms with Crippen molar-refractivity contribution in [1.29, 1.82) is 0 Å². The van der Waals surface area contributed by atoms with Gasteiger partial charge in [-0.05, 0) is 51.7 Å². The summed E-state index contributed by atoms with van der Waals surface area (Å²) in [5.41, 5.74) is 4.19. The number of rotatable bonds is 6. The molecule has 0 aliphatic heterocycles. The molecule has 1 saturated carbocycles. The molecule has 126 valence electrons. The van der Waals surface area contributed by atoms with Crippen LogP contribution in [-0.2, 0) is 9.59 Å². The van der Waals surface area contributed by atoms with Crippen LogP contribution in [0.3, 0.4) is 0 Å². The second-order valence-corrected chi connectivity index (χ2v) is 6.85. The normalized spacial score (nSPS) is 16.6. The second-order valence-electron chi connectivity index (χ2n) is 6.85. The van der Waals surface area contributed by atoms with Gasteiger partial charge in [-0.25, -0.2) is 0 Å². The molecule has 1 fully saturated rings. The molecule has 1 aromatic rings. The summed E-state index contributed by atoms with van der Waals surface area (Å²) >= 11 is 0. The van der Waals surface area contributed by atoms with Crippen LogP contribution >= 0.6 is 0 Å². The summed E-state index contributed by atoms with van der Waals surface area (Å²) in [5, 5.41) is 5.98. The van der Waals surface area contributed by atoms with Gasteiger partial charge in [0.15, 0.2) is 12.6 Å². The Bertz CT molecular complexity index is 585. The minimum absolute atomic E-state index is 0.0207. The molecular weight excluding hydrogens is 290 g/mol. The number of carbonyl (C=O) groups excluding carboxylic acids is 2. The lowest BCUT2D eigenvalue weighted by atomic mass is 10.0. The summed E-state index contributed by atoms with van der Waals surface area (Å²) in [6.45, 7) is 8.22. The molecule has 0 radical (unpaired) electrons. The zero-order valence-electron chi connectivity index (χ0n) is 14.7. The minimum atomic E-state index is -0.292. The average molecular weight is 318 g/mol. The number of amides is 2. The highest BCUT2D eigenvalue weighted by Crippen LogP contribution is 2.22. The van der Waals surface area contributed by atoms with E-state index in [1.165, 1.54) is 5.56 Å². The van der Waals surface area contributed by atoms with Crippen molar-refractivity contribution < 1.29 is 14.5 Å². The van der Waals surface area contributed by atoms with Gasteiger partial charge in [-0.2, -0.15) is 0 Å². The van der Waals surface area contributed by atoms with Crippen LogP contribution in [0.15, 0.2) is 12.1 Å². The van der Waals surface area contributed by atoms with Crippen LogP contribution in [-0.4, -0.2) is 37.5 Å². The van der Waals surface area contributed by atoms with E-state index in [0.717, 1.165) is 34.6 Å². The van der Waals surface area contributed by atoms with E-state index in [9.17, 15) is 9.59 Å². The molecule has 1 aliphatic rings. The number of quaternary nitrogens is 1.